The van der Waals surface area contributed by atoms with Crippen LogP contribution in [0, 0.1) is 0 Å². The molecule has 0 aromatic heterocycles. The molecule has 1 aliphatic heterocycles. The van der Waals surface area contributed by atoms with Crippen LogP contribution in [-0.2, 0) is 15.8 Å². The van der Waals surface area contributed by atoms with Gasteiger partial charge in [-0.2, -0.15) is 0 Å². The summed E-state index contributed by atoms with van der Waals surface area (Å²) < 4.78 is 26.0. The number of piperidine rings is 1. The number of hydrogen-bond donors (Lipinski definition) is 0. The molecule has 0 atom stereocenters. The summed E-state index contributed by atoms with van der Waals surface area (Å²) >= 11 is 3.53. The van der Waals surface area contributed by atoms with Gasteiger partial charge in [0.1, 0.15) is 0 Å². The van der Waals surface area contributed by atoms with Gasteiger partial charge in [0, 0.05) is 17.9 Å². The van der Waals surface area contributed by atoms with Crippen molar-refractivity contribution < 1.29 is 8.42 Å². The van der Waals surface area contributed by atoms with Crippen molar-refractivity contribution in [3.63, 3.8) is 0 Å². The molecule has 1 aromatic carbocycles. The largest absolute Gasteiger partial charge is 0.218 e. The molecule has 0 aliphatic carbocycles. The van der Waals surface area contributed by atoms with Crippen molar-refractivity contribution in [2.24, 2.45) is 0 Å². The van der Waals surface area contributed by atoms with Gasteiger partial charge < -0.3 is 0 Å². The minimum Gasteiger partial charge on any atom is -0.212 e. The Bertz CT molecular complexity index is 453. The number of nitrogens with zero attached hydrogens (tertiary/aromatic N) is 1. The number of alkyl halides is 1. The molecule has 1 saturated heterocycles. The number of sulfonamides is 1. The van der Waals surface area contributed by atoms with Gasteiger partial charge in [0.15, 0.2) is 0 Å². The molecule has 1 aliphatic rings. The van der Waals surface area contributed by atoms with Gasteiger partial charge in [-0.15, -0.1) is 0 Å². The second-order valence-corrected chi connectivity index (χ2v) is 7.58. The topological polar surface area (TPSA) is 37.4 Å². The minimum absolute atomic E-state index is 0.112. The maximum absolute atomic E-state index is 12.2. The molecule has 94 valence electrons. The van der Waals surface area contributed by atoms with Crippen LogP contribution < -0.4 is 0 Å². The zero-order chi connectivity index (χ0) is 12.3. The summed E-state index contributed by atoms with van der Waals surface area (Å²) in [5.74, 6) is 0.112. The van der Waals surface area contributed by atoms with Crippen LogP contribution in [0.25, 0.3) is 0 Å². The quantitative estimate of drug-likeness (QED) is 0.803. The smallest absolute Gasteiger partial charge is 0.212 e. The zero-order valence-electron chi connectivity index (χ0n) is 9.55. The first-order valence-corrected chi connectivity index (χ1v) is 8.26. The van der Waals surface area contributed by atoms with Gasteiger partial charge >= 0.3 is 0 Å². The molecule has 0 spiro atoms. The lowest BCUT2D eigenvalue weighted by molar-refractivity contribution is 0.354. The Kier molecular flexibility index (Phi) is 4.22. The van der Waals surface area contributed by atoms with E-state index in [4.69, 9.17) is 0 Å². The first-order chi connectivity index (χ1) is 8.08. The van der Waals surface area contributed by atoms with Crippen LogP contribution in [-0.4, -0.2) is 30.6 Å². The van der Waals surface area contributed by atoms with Crippen molar-refractivity contribution >= 4 is 26.0 Å². The first kappa shape index (κ1) is 13.1. The van der Waals surface area contributed by atoms with Crippen LogP contribution >= 0.6 is 15.9 Å². The van der Waals surface area contributed by atoms with Gasteiger partial charge in [0.2, 0.25) is 10.0 Å². The van der Waals surface area contributed by atoms with E-state index in [-0.39, 0.29) is 5.75 Å². The Morgan fingerprint density at radius 1 is 1.18 bits per heavy atom. The summed E-state index contributed by atoms with van der Waals surface area (Å²) in [5.41, 5.74) is 0.855. The van der Waals surface area contributed by atoms with Gasteiger partial charge in [-0.1, -0.05) is 46.3 Å². The second kappa shape index (κ2) is 5.50. The van der Waals surface area contributed by atoms with Gasteiger partial charge in [0.25, 0.3) is 0 Å². The molecule has 0 bridgehead atoms. The predicted octanol–water partition coefficient (Wildman–Crippen LogP) is 2.38. The maximum atomic E-state index is 12.2. The molecule has 2 rings (SSSR count). The Morgan fingerprint density at radius 2 is 1.76 bits per heavy atom. The molecule has 3 nitrogen and oxygen atoms in total. The predicted molar refractivity (Wildman–Crippen MR) is 72.6 cm³/mol. The molecule has 0 amide bonds. The van der Waals surface area contributed by atoms with E-state index in [0.29, 0.717) is 17.9 Å². The Hall–Kier alpha value is -0.390. The normalized spacial score (nSPS) is 19.4. The van der Waals surface area contributed by atoms with Crippen LogP contribution in [0.15, 0.2) is 30.3 Å². The average molecular weight is 318 g/mol. The van der Waals surface area contributed by atoms with Gasteiger partial charge in [-0.3, -0.25) is 0 Å². The van der Waals surface area contributed by atoms with Crippen molar-refractivity contribution in [3.8, 4) is 0 Å². The van der Waals surface area contributed by atoms with E-state index >= 15 is 0 Å². The SMILES string of the molecule is O=S(=O)(Cc1ccccc1)N1CCC(Br)CC1. The molecule has 0 unspecified atom stereocenters. The molecule has 5 heteroatoms. The third-order valence-electron chi connectivity index (χ3n) is 2.97. The highest BCUT2D eigenvalue weighted by Gasteiger charge is 2.26. The van der Waals surface area contributed by atoms with E-state index in [0.717, 1.165) is 18.4 Å². The summed E-state index contributed by atoms with van der Waals surface area (Å²) in [6, 6.07) is 9.35. The van der Waals surface area contributed by atoms with Gasteiger partial charge in [-0.05, 0) is 18.4 Å². The number of hydrogen-bond acceptors (Lipinski definition) is 2. The van der Waals surface area contributed by atoms with E-state index < -0.39 is 10.0 Å². The Morgan fingerprint density at radius 3 is 2.35 bits per heavy atom. The van der Waals surface area contributed by atoms with Crippen molar-refractivity contribution in [3.05, 3.63) is 35.9 Å². The van der Waals surface area contributed by atoms with Crippen LogP contribution in [0.5, 0.6) is 0 Å². The fraction of sp³-hybridized carbons (Fsp3) is 0.500. The summed E-state index contributed by atoms with van der Waals surface area (Å²) in [7, 11) is -3.15. The minimum atomic E-state index is -3.15. The molecule has 0 N–H and O–H groups in total. The highest BCUT2D eigenvalue weighted by molar-refractivity contribution is 9.09. The van der Waals surface area contributed by atoms with Gasteiger partial charge in [0.05, 0.1) is 5.75 Å². The lowest BCUT2D eigenvalue weighted by Gasteiger charge is -2.28. The van der Waals surface area contributed by atoms with Crippen molar-refractivity contribution in [1.82, 2.24) is 4.31 Å². The number of rotatable bonds is 3. The molecule has 1 heterocycles. The fourth-order valence-corrected chi connectivity index (χ4v) is 3.95. The molecular weight excluding hydrogens is 302 g/mol. The van der Waals surface area contributed by atoms with E-state index in [1.54, 1.807) is 4.31 Å². The van der Waals surface area contributed by atoms with E-state index in [1.165, 1.54) is 0 Å². The monoisotopic (exact) mass is 317 g/mol. The van der Waals surface area contributed by atoms with E-state index in [9.17, 15) is 8.42 Å². The summed E-state index contributed by atoms with van der Waals surface area (Å²) in [4.78, 5) is 0.464. The summed E-state index contributed by atoms with van der Waals surface area (Å²) in [6.45, 7) is 1.26. The molecule has 1 aromatic rings. The molecule has 0 radical (unpaired) electrons. The fourth-order valence-electron chi connectivity index (χ4n) is 1.98. The average Bonchev–Trinajstić information content (AvgIpc) is 2.30. The lowest BCUT2D eigenvalue weighted by atomic mass is 10.2. The van der Waals surface area contributed by atoms with Crippen molar-refractivity contribution in [1.29, 1.82) is 0 Å². The molecule has 17 heavy (non-hydrogen) atoms. The number of benzene rings is 1. The standard InChI is InChI=1S/C12H16BrNO2S/c13-12-6-8-14(9-7-12)17(15,16)10-11-4-2-1-3-5-11/h1-5,12H,6-10H2. The third kappa shape index (κ3) is 3.53. The van der Waals surface area contributed by atoms with Crippen LogP contribution in [0.2, 0.25) is 0 Å². The van der Waals surface area contributed by atoms with Crippen LogP contribution in [0.3, 0.4) is 0 Å². The van der Waals surface area contributed by atoms with Crippen molar-refractivity contribution in [2.45, 2.75) is 23.4 Å². The Balaban J connectivity index is 2.04. The zero-order valence-corrected chi connectivity index (χ0v) is 12.0. The second-order valence-electron chi connectivity index (χ2n) is 4.32. The highest BCUT2D eigenvalue weighted by Crippen LogP contribution is 2.21. The lowest BCUT2D eigenvalue weighted by Crippen LogP contribution is -2.39. The first-order valence-electron chi connectivity index (χ1n) is 5.74. The molecule has 0 saturated carbocycles. The van der Waals surface area contributed by atoms with Crippen molar-refractivity contribution in [2.75, 3.05) is 13.1 Å². The Labute approximate surface area is 111 Å². The molecule has 1 fully saturated rings. The van der Waals surface area contributed by atoms with Crippen LogP contribution in [0.4, 0.5) is 0 Å². The highest BCUT2D eigenvalue weighted by atomic mass is 79.9. The summed E-state index contributed by atoms with van der Waals surface area (Å²) in [5, 5.41) is 0. The third-order valence-corrected chi connectivity index (χ3v) is 5.73. The van der Waals surface area contributed by atoms with Crippen LogP contribution in [0.1, 0.15) is 18.4 Å². The number of halogens is 1. The van der Waals surface area contributed by atoms with E-state index in [2.05, 4.69) is 15.9 Å². The maximum Gasteiger partial charge on any atom is 0.218 e. The molecular formula is C12H16BrNO2S. The van der Waals surface area contributed by atoms with Gasteiger partial charge in [-0.25, -0.2) is 12.7 Å². The summed E-state index contributed by atoms with van der Waals surface area (Å²) in [6.07, 6.45) is 1.79. The van der Waals surface area contributed by atoms with E-state index in [1.807, 2.05) is 30.3 Å².